The molecule has 1 fully saturated rings. The molecule has 28 heavy (non-hydrogen) atoms. The Balaban J connectivity index is 0.00000392. The van der Waals surface area contributed by atoms with Gasteiger partial charge in [0.2, 0.25) is 0 Å². The molecule has 2 unspecified atom stereocenters. The molecule has 0 amide bonds. The van der Waals surface area contributed by atoms with E-state index in [1.165, 1.54) is 29.7 Å². The monoisotopic (exact) mass is 520 g/mol. The Kier molecular flexibility index (Phi) is 13.2. The molecule has 1 heterocycles. The van der Waals surface area contributed by atoms with Gasteiger partial charge in [-0.3, -0.25) is 9.89 Å². The highest BCUT2D eigenvalue weighted by Gasteiger charge is 2.22. The number of thioether (sulfide) groups is 1. The van der Waals surface area contributed by atoms with Crippen LogP contribution in [0.1, 0.15) is 37.8 Å². The van der Waals surface area contributed by atoms with Gasteiger partial charge in [0.15, 0.2) is 5.96 Å². The van der Waals surface area contributed by atoms with Crippen molar-refractivity contribution < 1.29 is 4.74 Å². The molecule has 1 aliphatic heterocycles. The van der Waals surface area contributed by atoms with Gasteiger partial charge in [-0.05, 0) is 49.8 Å². The Morgan fingerprint density at radius 3 is 2.46 bits per heavy atom. The Bertz CT molecular complexity index is 577. The minimum Gasteiger partial charge on any atom is -0.373 e. The molecule has 5 nitrogen and oxygen atoms in total. The Morgan fingerprint density at radius 1 is 1.14 bits per heavy atom. The summed E-state index contributed by atoms with van der Waals surface area (Å²) in [5, 5.41) is 6.88. The molecule has 0 radical (unpaired) electrons. The number of rotatable bonds is 9. The van der Waals surface area contributed by atoms with Gasteiger partial charge < -0.3 is 15.4 Å². The number of halogens is 1. The molecule has 7 heteroatoms. The number of morpholine rings is 1. The van der Waals surface area contributed by atoms with Crippen molar-refractivity contribution in [2.45, 2.75) is 52.0 Å². The number of hydrogen-bond donors (Lipinski definition) is 2. The average Bonchev–Trinajstić information content (AvgIpc) is 2.64. The number of benzene rings is 1. The summed E-state index contributed by atoms with van der Waals surface area (Å²) in [4.78, 5) is 6.84. The highest BCUT2D eigenvalue weighted by molar-refractivity contribution is 14.0. The maximum absolute atomic E-state index is 5.86. The molecule has 0 aliphatic carbocycles. The van der Waals surface area contributed by atoms with Crippen LogP contribution in [0.5, 0.6) is 0 Å². The molecule has 0 aromatic heterocycles. The van der Waals surface area contributed by atoms with Crippen LogP contribution in [0.2, 0.25) is 0 Å². The fourth-order valence-electron chi connectivity index (χ4n) is 3.52. The van der Waals surface area contributed by atoms with Crippen molar-refractivity contribution in [1.82, 2.24) is 15.5 Å². The molecule has 0 saturated carbocycles. The van der Waals surface area contributed by atoms with E-state index in [2.05, 4.69) is 64.9 Å². The van der Waals surface area contributed by atoms with Gasteiger partial charge in [-0.25, -0.2) is 0 Å². The lowest BCUT2D eigenvalue weighted by Gasteiger charge is -2.35. The number of unbranched alkanes of at least 4 members (excludes halogenated alkanes) is 1. The Morgan fingerprint density at radius 2 is 1.82 bits per heavy atom. The van der Waals surface area contributed by atoms with Crippen molar-refractivity contribution in [2.24, 2.45) is 4.99 Å². The number of guanidine groups is 1. The van der Waals surface area contributed by atoms with E-state index in [9.17, 15) is 0 Å². The lowest BCUT2D eigenvalue weighted by Crippen LogP contribution is -2.45. The van der Waals surface area contributed by atoms with Gasteiger partial charge in [0.1, 0.15) is 0 Å². The van der Waals surface area contributed by atoms with Crippen LogP contribution in [0.3, 0.4) is 0 Å². The molecular weight excluding hydrogens is 483 g/mol. The summed E-state index contributed by atoms with van der Waals surface area (Å²) < 4.78 is 5.86. The van der Waals surface area contributed by atoms with E-state index in [4.69, 9.17) is 4.74 Å². The maximum Gasteiger partial charge on any atom is 0.191 e. The van der Waals surface area contributed by atoms with Crippen LogP contribution < -0.4 is 10.6 Å². The quantitative estimate of drug-likeness (QED) is 0.225. The number of hydrogen-bond acceptors (Lipinski definition) is 4. The van der Waals surface area contributed by atoms with E-state index in [1.54, 1.807) is 0 Å². The minimum atomic E-state index is 0. The van der Waals surface area contributed by atoms with Crippen molar-refractivity contribution in [2.75, 3.05) is 38.7 Å². The van der Waals surface area contributed by atoms with Crippen LogP contribution in [0.4, 0.5) is 0 Å². The summed E-state index contributed by atoms with van der Waals surface area (Å²) in [5.41, 5.74) is 2.70. The van der Waals surface area contributed by atoms with Gasteiger partial charge in [0.05, 0.1) is 12.2 Å². The van der Waals surface area contributed by atoms with Crippen LogP contribution in [0, 0.1) is 0 Å². The molecule has 1 aromatic carbocycles. The Hall–Kier alpha value is -0.510. The first-order chi connectivity index (χ1) is 13.1. The van der Waals surface area contributed by atoms with Crippen molar-refractivity contribution >= 4 is 41.7 Å². The fourth-order valence-corrected chi connectivity index (χ4v) is 4.01. The van der Waals surface area contributed by atoms with E-state index < -0.39 is 0 Å². The van der Waals surface area contributed by atoms with Gasteiger partial charge in [-0.1, -0.05) is 24.3 Å². The van der Waals surface area contributed by atoms with Crippen LogP contribution >= 0.6 is 35.7 Å². The molecule has 0 spiro atoms. The van der Waals surface area contributed by atoms with E-state index in [-0.39, 0.29) is 24.0 Å². The van der Waals surface area contributed by atoms with E-state index in [1.807, 2.05) is 18.8 Å². The topological polar surface area (TPSA) is 48.9 Å². The van der Waals surface area contributed by atoms with E-state index >= 15 is 0 Å². The molecule has 1 saturated heterocycles. The van der Waals surface area contributed by atoms with Crippen molar-refractivity contribution in [3.05, 3.63) is 35.4 Å². The van der Waals surface area contributed by atoms with Gasteiger partial charge in [0, 0.05) is 39.8 Å². The average molecular weight is 521 g/mol. The number of nitrogens with zero attached hydrogens (tertiary/aromatic N) is 2. The third-order valence-corrected chi connectivity index (χ3v) is 5.44. The lowest BCUT2D eigenvalue weighted by atomic mass is 10.1. The van der Waals surface area contributed by atoms with Crippen LogP contribution in [0.15, 0.2) is 29.3 Å². The first kappa shape index (κ1) is 25.5. The summed E-state index contributed by atoms with van der Waals surface area (Å²) in [7, 11) is 1.83. The highest BCUT2D eigenvalue weighted by atomic mass is 127. The summed E-state index contributed by atoms with van der Waals surface area (Å²) >= 11 is 1.90. The molecule has 1 aromatic rings. The summed E-state index contributed by atoms with van der Waals surface area (Å²) in [6.45, 7) is 9.02. The summed E-state index contributed by atoms with van der Waals surface area (Å²) in [6, 6.07) is 8.69. The second kappa shape index (κ2) is 14.5. The molecule has 2 rings (SSSR count). The molecule has 1 aliphatic rings. The second-order valence-electron chi connectivity index (χ2n) is 7.27. The van der Waals surface area contributed by atoms with Gasteiger partial charge in [-0.2, -0.15) is 11.8 Å². The van der Waals surface area contributed by atoms with Crippen molar-refractivity contribution in [3.63, 3.8) is 0 Å². The second-order valence-corrected chi connectivity index (χ2v) is 8.26. The normalized spacial score (nSPS) is 20.5. The van der Waals surface area contributed by atoms with Gasteiger partial charge >= 0.3 is 0 Å². The maximum atomic E-state index is 5.86. The van der Waals surface area contributed by atoms with E-state index in [0.29, 0.717) is 12.2 Å². The predicted octanol–water partition coefficient (Wildman–Crippen LogP) is 3.72. The third-order valence-electron chi connectivity index (χ3n) is 4.75. The van der Waals surface area contributed by atoms with Gasteiger partial charge in [-0.15, -0.1) is 24.0 Å². The third kappa shape index (κ3) is 9.33. The zero-order valence-corrected chi connectivity index (χ0v) is 20.9. The standard InChI is InChI=1S/C21H36N4OS.HI/c1-17-14-25(15-18(2)26-17)16-20-10-6-5-9-19(20)13-24-21(22-3)23-11-7-8-12-27-4;/h5-6,9-10,17-18H,7-8,11-16H2,1-4H3,(H2,22,23,24);1H. The zero-order valence-electron chi connectivity index (χ0n) is 17.7. The molecule has 2 atom stereocenters. The number of nitrogens with one attached hydrogen (secondary N) is 2. The molecule has 0 bridgehead atoms. The number of ether oxygens (including phenoxy) is 1. The fraction of sp³-hybridized carbons (Fsp3) is 0.667. The molecule has 2 N–H and O–H groups in total. The lowest BCUT2D eigenvalue weighted by molar-refractivity contribution is -0.0705. The van der Waals surface area contributed by atoms with Crippen molar-refractivity contribution in [3.8, 4) is 0 Å². The molecule has 160 valence electrons. The van der Waals surface area contributed by atoms with Crippen molar-refractivity contribution in [1.29, 1.82) is 0 Å². The van der Waals surface area contributed by atoms with Gasteiger partial charge in [0.25, 0.3) is 0 Å². The smallest absolute Gasteiger partial charge is 0.191 e. The SMILES string of the molecule is CN=C(NCCCCSC)NCc1ccccc1CN1CC(C)OC(C)C1.I. The van der Waals surface area contributed by atoms with Crippen LogP contribution in [-0.4, -0.2) is 61.8 Å². The summed E-state index contributed by atoms with van der Waals surface area (Å²) in [5.74, 6) is 2.10. The first-order valence-corrected chi connectivity index (χ1v) is 11.4. The Labute approximate surface area is 192 Å². The first-order valence-electron chi connectivity index (χ1n) is 10.0. The molecular formula is C21H37IN4OS. The van der Waals surface area contributed by atoms with Crippen LogP contribution in [0.25, 0.3) is 0 Å². The largest absolute Gasteiger partial charge is 0.373 e. The van der Waals surface area contributed by atoms with Crippen LogP contribution in [-0.2, 0) is 17.8 Å². The highest BCUT2D eigenvalue weighted by Crippen LogP contribution is 2.17. The predicted molar refractivity (Wildman–Crippen MR) is 133 cm³/mol. The van der Waals surface area contributed by atoms with E-state index in [0.717, 1.165) is 38.7 Å². The minimum absolute atomic E-state index is 0. The number of aliphatic imine (C=N–C) groups is 1. The summed E-state index contributed by atoms with van der Waals surface area (Å²) in [6.07, 6.45) is 5.17. The zero-order chi connectivity index (χ0) is 19.5.